The van der Waals surface area contributed by atoms with E-state index in [1.807, 2.05) is 32.2 Å². The van der Waals surface area contributed by atoms with Crippen LogP contribution >= 0.6 is 0 Å². The summed E-state index contributed by atoms with van der Waals surface area (Å²) in [7, 11) is 5.02. The van der Waals surface area contributed by atoms with E-state index in [1.54, 1.807) is 42.3 Å². The number of allylic oxidation sites excluding steroid dienone is 1. The zero-order chi connectivity index (χ0) is 24.0. The molecule has 5 rings (SSSR count). The van der Waals surface area contributed by atoms with Crippen LogP contribution in [0.5, 0.6) is 11.5 Å². The molecule has 9 heteroatoms. The van der Waals surface area contributed by atoms with E-state index in [2.05, 4.69) is 20.7 Å². The van der Waals surface area contributed by atoms with Crippen molar-refractivity contribution >= 4 is 34.5 Å². The molecule has 2 aromatic carbocycles. The van der Waals surface area contributed by atoms with Crippen molar-refractivity contribution in [3.05, 3.63) is 65.2 Å². The monoisotopic (exact) mass is 457 g/mol. The van der Waals surface area contributed by atoms with E-state index in [4.69, 9.17) is 9.47 Å². The lowest BCUT2D eigenvalue weighted by atomic mass is 10.0. The lowest BCUT2D eigenvalue weighted by molar-refractivity contribution is 0.101. The van der Waals surface area contributed by atoms with Gasteiger partial charge in [0.15, 0.2) is 5.76 Å². The number of nitrogens with one attached hydrogen (secondary N) is 3. The quantitative estimate of drug-likeness (QED) is 0.397. The number of amides is 2. The highest BCUT2D eigenvalue weighted by Gasteiger charge is 2.29. The van der Waals surface area contributed by atoms with Crippen LogP contribution in [0.1, 0.15) is 21.6 Å². The van der Waals surface area contributed by atoms with Gasteiger partial charge in [-0.25, -0.2) is 4.79 Å². The lowest BCUT2D eigenvalue weighted by Gasteiger charge is -2.05. The van der Waals surface area contributed by atoms with Crippen LogP contribution in [0, 0.1) is 6.92 Å². The van der Waals surface area contributed by atoms with Gasteiger partial charge in [0.05, 0.1) is 24.6 Å². The van der Waals surface area contributed by atoms with Gasteiger partial charge in [-0.05, 0) is 49.4 Å². The Bertz CT molecular complexity index is 1490. The molecule has 0 atom stereocenters. The molecule has 3 N–H and O–H groups in total. The van der Waals surface area contributed by atoms with E-state index >= 15 is 0 Å². The van der Waals surface area contributed by atoms with Gasteiger partial charge >= 0.3 is 6.03 Å². The van der Waals surface area contributed by atoms with Gasteiger partial charge in [0, 0.05) is 47.5 Å². The van der Waals surface area contributed by atoms with Crippen LogP contribution in [-0.2, 0) is 7.05 Å². The van der Waals surface area contributed by atoms with Crippen molar-refractivity contribution in [2.24, 2.45) is 7.05 Å². The summed E-state index contributed by atoms with van der Waals surface area (Å²) in [5, 5.41) is 10.4. The Kier molecular flexibility index (Phi) is 5.09. The number of benzene rings is 2. The number of aromatic amines is 1. The number of carbonyl (C=O) groups excluding carboxylic acids is 2. The van der Waals surface area contributed by atoms with Crippen LogP contribution < -0.4 is 20.1 Å². The number of fused-ring (bicyclic) bond motifs is 2. The fraction of sp³-hybridized carbons (Fsp3) is 0.160. The van der Waals surface area contributed by atoms with Crippen molar-refractivity contribution in [3.8, 4) is 22.8 Å². The molecule has 0 aliphatic carbocycles. The van der Waals surface area contributed by atoms with E-state index < -0.39 is 0 Å². The summed E-state index contributed by atoms with van der Waals surface area (Å²) in [6, 6.07) is 10.3. The average Bonchev–Trinajstić information content (AvgIpc) is 3.47. The fourth-order valence-electron chi connectivity index (χ4n) is 4.02. The number of Topliss-reactive ketones (excluding diaryl/α,β-unsaturated/α-hetero) is 1. The third kappa shape index (κ3) is 3.47. The second-order valence-corrected chi connectivity index (χ2v) is 7.95. The molecule has 0 radical (unpaired) electrons. The maximum absolute atomic E-state index is 13.2. The van der Waals surface area contributed by atoms with Crippen molar-refractivity contribution < 1.29 is 19.1 Å². The molecule has 0 saturated heterocycles. The molecule has 0 spiro atoms. The molecule has 0 fully saturated rings. The maximum atomic E-state index is 13.2. The molecule has 0 bridgehead atoms. The number of nitrogens with zero attached hydrogens (tertiary/aromatic N) is 2. The highest BCUT2D eigenvalue weighted by atomic mass is 16.5. The summed E-state index contributed by atoms with van der Waals surface area (Å²) < 4.78 is 13.2. The molecule has 0 unspecified atom stereocenters. The minimum atomic E-state index is -0.369. The number of ketones is 1. The van der Waals surface area contributed by atoms with E-state index in [0.29, 0.717) is 22.7 Å². The lowest BCUT2D eigenvalue weighted by Crippen LogP contribution is -2.24. The Balaban J connectivity index is 1.63. The summed E-state index contributed by atoms with van der Waals surface area (Å²) in [6.45, 7) is 1.99. The van der Waals surface area contributed by atoms with E-state index in [9.17, 15) is 9.59 Å². The van der Waals surface area contributed by atoms with Crippen LogP contribution in [0.4, 0.5) is 10.5 Å². The topological polar surface area (TPSA) is 110 Å². The number of hydrogen-bond donors (Lipinski definition) is 3. The molecule has 172 valence electrons. The highest BCUT2D eigenvalue weighted by Crippen LogP contribution is 2.38. The normalized spacial score (nSPS) is 13.8. The van der Waals surface area contributed by atoms with Crippen LogP contribution in [0.2, 0.25) is 0 Å². The first kappa shape index (κ1) is 21.3. The molecule has 3 heterocycles. The third-order valence-electron chi connectivity index (χ3n) is 5.98. The zero-order valence-electron chi connectivity index (χ0n) is 19.1. The predicted molar refractivity (Wildman–Crippen MR) is 129 cm³/mol. The summed E-state index contributed by atoms with van der Waals surface area (Å²) in [5.41, 5.74) is 5.30. The van der Waals surface area contributed by atoms with Crippen molar-refractivity contribution in [1.82, 2.24) is 20.1 Å². The number of anilines is 1. The first-order chi connectivity index (χ1) is 16.4. The Morgan fingerprint density at radius 1 is 1.21 bits per heavy atom. The zero-order valence-corrected chi connectivity index (χ0v) is 19.1. The number of aromatic nitrogens is 3. The van der Waals surface area contributed by atoms with Gasteiger partial charge in [-0.2, -0.15) is 5.10 Å². The van der Waals surface area contributed by atoms with Crippen LogP contribution in [0.15, 0.2) is 48.4 Å². The molecule has 1 aliphatic rings. The SMILES string of the molecule is CNC(=O)Nc1ccc2c(c1)C(=O)C(=Cc1c(-c3cnn(C)c3C)[nH]c3ccc(OC)cc13)O2. The molecule has 2 aromatic heterocycles. The van der Waals surface area contributed by atoms with Crippen molar-refractivity contribution in [1.29, 1.82) is 0 Å². The molecule has 9 nitrogen and oxygen atoms in total. The van der Waals surface area contributed by atoms with E-state index in [-0.39, 0.29) is 17.6 Å². The van der Waals surface area contributed by atoms with Crippen LogP contribution in [0.3, 0.4) is 0 Å². The summed E-state index contributed by atoms with van der Waals surface area (Å²) in [6.07, 6.45) is 3.54. The number of urea groups is 1. The fourth-order valence-corrected chi connectivity index (χ4v) is 4.02. The first-order valence-corrected chi connectivity index (χ1v) is 10.6. The Morgan fingerprint density at radius 3 is 2.74 bits per heavy atom. The van der Waals surface area contributed by atoms with Crippen molar-refractivity contribution in [2.75, 3.05) is 19.5 Å². The smallest absolute Gasteiger partial charge is 0.318 e. The van der Waals surface area contributed by atoms with Gasteiger partial charge in [0.25, 0.3) is 0 Å². The molecule has 34 heavy (non-hydrogen) atoms. The number of aryl methyl sites for hydroxylation is 1. The Labute approximate surface area is 195 Å². The van der Waals surface area contributed by atoms with E-state index in [0.717, 1.165) is 33.4 Å². The van der Waals surface area contributed by atoms with Gasteiger partial charge in [0.1, 0.15) is 11.5 Å². The molecular weight excluding hydrogens is 434 g/mol. The number of hydrogen-bond acceptors (Lipinski definition) is 5. The highest BCUT2D eigenvalue weighted by molar-refractivity contribution is 6.16. The minimum Gasteiger partial charge on any atom is -0.497 e. The molecule has 4 aromatic rings. The molecular formula is C25H23N5O4. The van der Waals surface area contributed by atoms with Gasteiger partial charge in [-0.15, -0.1) is 0 Å². The Morgan fingerprint density at radius 2 is 2.03 bits per heavy atom. The van der Waals surface area contributed by atoms with Crippen molar-refractivity contribution in [3.63, 3.8) is 0 Å². The van der Waals surface area contributed by atoms with Crippen LogP contribution in [-0.4, -0.2) is 40.7 Å². The number of methoxy groups -OCH3 is 1. The number of rotatable bonds is 4. The molecule has 2 amide bonds. The summed E-state index contributed by atoms with van der Waals surface area (Å²) in [4.78, 5) is 28.3. The maximum Gasteiger partial charge on any atom is 0.318 e. The third-order valence-corrected chi connectivity index (χ3v) is 5.98. The second kappa shape index (κ2) is 8.11. The van der Waals surface area contributed by atoms with Gasteiger partial charge < -0.3 is 25.1 Å². The van der Waals surface area contributed by atoms with Crippen molar-refractivity contribution in [2.45, 2.75) is 6.92 Å². The standard InChI is InChI=1S/C25H23N5O4/c1-13-19(12-27-30(13)3)23-17(16-10-15(33-4)6-7-20(16)29-23)11-22-24(31)18-9-14(28-25(32)26-2)5-8-21(18)34-22/h5-12,29H,1-4H3,(H2,26,28,32). The van der Waals surface area contributed by atoms with Gasteiger partial charge in [-0.3, -0.25) is 9.48 Å². The predicted octanol–water partition coefficient (Wildman–Crippen LogP) is 4.25. The molecule has 0 saturated carbocycles. The average molecular weight is 457 g/mol. The van der Waals surface area contributed by atoms with Crippen LogP contribution in [0.25, 0.3) is 28.2 Å². The van der Waals surface area contributed by atoms with E-state index in [1.165, 1.54) is 7.05 Å². The van der Waals surface area contributed by atoms with Gasteiger partial charge in [-0.1, -0.05) is 0 Å². The minimum absolute atomic E-state index is 0.193. The molecule has 1 aliphatic heterocycles. The number of H-pyrrole nitrogens is 1. The number of ether oxygens (including phenoxy) is 2. The largest absolute Gasteiger partial charge is 0.497 e. The number of carbonyl (C=O) groups is 2. The first-order valence-electron chi connectivity index (χ1n) is 10.6. The Hall–Kier alpha value is -4.53. The van der Waals surface area contributed by atoms with Gasteiger partial charge in [0.2, 0.25) is 5.78 Å². The second-order valence-electron chi connectivity index (χ2n) is 7.95. The summed E-state index contributed by atoms with van der Waals surface area (Å²) >= 11 is 0. The summed E-state index contributed by atoms with van der Waals surface area (Å²) in [5.74, 6) is 1.07.